The molecule has 0 aromatic rings. The predicted molar refractivity (Wildman–Crippen MR) is 93.5 cm³/mol. The minimum absolute atomic E-state index is 0.375. The summed E-state index contributed by atoms with van der Waals surface area (Å²) in [6.07, 6.45) is 7.17. The van der Waals surface area contributed by atoms with Crippen molar-refractivity contribution in [3.05, 3.63) is 0 Å². The molecule has 0 radical (unpaired) electrons. The van der Waals surface area contributed by atoms with E-state index in [1.165, 1.54) is 0 Å². The van der Waals surface area contributed by atoms with E-state index in [9.17, 15) is 0 Å². The van der Waals surface area contributed by atoms with E-state index in [1.54, 1.807) is 0 Å². The van der Waals surface area contributed by atoms with Crippen molar-refractivity contribution in [2.75, 3.05) is 26.4 Å². The van der Waals surface area contributed by atoms with Gasteiger partial charge in [-0.25, -0.2) is 19.6 Å². The Balaban J connectivity index is 4.62. The molecule has 0 aromatic heterocycles. The molecular formula is C16H36O8Si. The second-order valence-corrected chi connectivity index (χ2v) is 7.20. The van der Waals surface area contributed by atoms with Gasteiger partial charge in [0.2, 0.25) is 0 Å². The monoisotopic (exact) mass is 384 g/mol. The van der Waals surface area contributed by atoms with Gasteiger partial charge in [0, 0.05) is 0 Å². The Morgan fingerprint density at radius 2 is 0.680 bits per heavy atom. The van der Waals surface area contributed by atoms with E-state index in [1.807, 2.05) is 27.7 Å². The highest BCUT2D eigenvalue weighted by atomic mass is 28.4. The fourth-order valence-electron chi connectivity index (χ4n) is 1.35. The summed E-state index contributed by atoms with van der Waals surface area (Å²) >= 11 is 0. The normalized spacial score (nSPS) is 12.0. The molecule has 0 aliphatic rings. The Labute approximate surface area is 153 Å². The largest absolute Gasteiger partial charge is 0.792 e. The number of unbranched alkanes of at least 4 members (excludes halogenated alkanes) is 4. The molecule has 0 rings (SSSR count). The molecule has 0 saturated heterocycles. The molecule has 0 bridgehead atoms. The van der Waals surface area contributed by atoms with Crippen LogP contribution in [-0.4, -0.2) is 35.5 Å². The van der Waals surface area contributed by atoms with E-state index in [-0.39, 0.29) is 0 Å². The van der Waals surface area contributed by atoms with E-state index in [0.29, 0.717) is 26.4 Å². The Kier molecular flexibility index (Phi) is 18.6. The lowest BCUT2D eigenvalue weighted by molar-refractivity contribution is -0.427. The maximum atomic E-state index is 5.27. The van der Waals surface area contributed by atoms with Gasteiger partial charge in [0.05, 0.1) is 26.4 Å². The van der Waals surface area contributed by atoms with Gasteiger partial charge >= 0.3 is 9.05 Å². The quantitative estimate of drug-likeness (QED) is 0.132. The molecule has 0 amide bonds. The van der Waals surface area contributed by atoms with Crippen molar-refractivity contribution in [1.29, 1.82) is 0 Å². The highest BCUT2D eigenvalue weighted by molar-refractivity contribution is 6.52. The third kappa shape index (κ3) is 14.7. The molecular weight excluding hydrogens is 348 g/mol. The van der Waals surface area contributed by atoms with Crippen molar-refractivity contribution in [2.24, 2.45) is 0 Å². The Bertz CT molecular complexity index is 217. The zero-order chi connectivity index (χ0) is 18.6. The van der Waals surface area contributed by atoms with Crippen molar-refractivity contribution in [1.82, 2.24) is 0 Å². The van der Waals surface area contributed by atoms with Crippen LogP contribution < -0.4 is 0 Å². The summed E-state index contributed by atoms with van der Waals surface area (Å²) < 4.78 is 21.1. The zero-order valence-electron chi connectivity index (χ0n) is 16.3. The molecule has 0 aliphatic heterocycles. The van der Waals surface area contributed by atoms with Gasteiger partial charge in [-0.1, -0.05) is 53.4 Å². The topological polar surface area (TPSA) is 73.8 Å². The van der Waals surface area contributed by atoms with Crippen LogP contribution in [0, 0.1) is 0 Å². The molecule has 0 heterocycles. The molecule has 9 heteroatoms. The van der Waals surface area contributed by atoms with Gasteiger partial charge in [0.15, 0.2) is 0 Å². The van der Waals surface area contributed by atoms with Gasteiger partial charge in [0.25, 0.3) is 0 Å². The van der Waals surface area contributed by atoms with Crippen LogP contribution in [0.1, 0.15) is 79.1 Å². The molecule has 0 saturated carbocycles. The molecule has 8 nitrogen and oxygen atoms in total. The van der Waals surface area contributed by atoms with E-state index < -0.39 is 9.05 Å². The number of hydrogen-bond acceptors (Lipinski definition) is 8. The second-order valence-electron chi connectivity index (χ2n) is 5.54. The molecule has 0 fully saturated rings. The first-order valence-electron chi connectivity index (χ1n) is 9.47. The van der Waals surface area contributed by atoms with Crippen LogP contribution in [0.3, 0.4) is 0 Å². The zero-order valence-corrected chi connectivity index (χ0v) is 17.3. The first kappa shape index (κ1) is 24.9. The van der Waals surface area contributed by atoms with Crippen LogP contribution >= 0.6 is 0 Å². The van der Waals surface area contributed by atoms with Crippen molar-refractivity contribution < 1.29 is 37.9 Å². The van der Waals surface area contributed by atoms with Crippen molar-refractivity contribution in [3.8, 4) is 0 Å². The third-order valence-electron chi connectivity index (χ3n) is 2.97. The smallest absolute Gasteiger partial charge is 0.241 e. The highest BCUT2D eigenvalue weighted by Crippen LogP contribution is 2.16. The molecule has 0 N–H and O–H groups in total. The van der Waals surface area contributed by atoms with Gasteiger partial charge in [-0.2, -0.15) is 18.3 Å². The maximum Gasteiger partial charge on any atom is 0.792 e. The number of hydrogen-bond donors (Lipinski definition) is 0. The van der Waals surface area contributed by atoms with E-state index in [2.05, 4.69) is 0 Å². The maximum absolute atomic E-state index is 5.27. The van der Waals surface area contributed by atoms with Gasteiger partial charge in [-0.15, -0.1) is 0 Å². The molecule has 0 spiro atoms. The minimum Gasteiger partial charge on any atom is -0.241 e. The lowest BCUT2D eigenvalue weighted by Crippen LogP contribution is -2.49. The Hall–Kier alpha value is -0.103. The van der Waals surface area contributed by atoms with Crippen molar-refractivity contribution in [3.63, 3.8) is 0 Å². The summed E-state index contributed by atoms with van der Waals surface area (Å²) in [5.41, 5.74) is 0. The SMILES string of the molecule is CCCCOO[Si](OOCCCC)(OOCCCC)OOCCCC. The van der Waals surface area contributed by atoms with E-state index >= 15 is 0 Å². The van der Waals surface area contributed by atoms with Crippen LogP contribution in [0.5, 0.6) is 0 Å². The van der Waals surface area contributed by atoms with Crippen molar-refractivity contribution >= 4 is 9.05 Å². The predicted octanol–water partition coefficient (Wildman–Crippen LogP) is 4.42. The summed E-state index contributed by atoms with van der Waals surface area (Å²) in [5, 5.41) is 0. The first-order chi connectivity index (χ1) is 12.2. The average molecular weight is 385 g/mol. The lowest BCUT2D eigenvalue weighted by atomic mass is 10.4. The Morgan fingerprint density at radius 3 is 0.880 bits per heavy atom. The van der Waals surface area contributed by atoms with E-state index in [4.69, 9.17) is 37.9 Å². The molecule has 152 valence electrons. The summed E-state index contributed by atoms with van der Waals surface area (Å²) in [6.45, 7) is 9.70. The molecule has 0 aromatic carbocycles. The van der Waals surface area contributed by atoms with Crippen LogP contribution in [-0.2, 0) is 37.9 Å². The highest BCUT2D eigenvalue weighted by Gasteiger charge is 2.54. The number of rotatable bonds is 20. The van der Waals surface area contributed by atoms with Crippen molar-refractivity contribution in [2.45, 2.75) is 79.1 Å². The van der Waals surface area contributed by atoms with Crippen LogP contribution in [0.25, 0.3) is 0 Å². The average Bonchev–Trinajstić information content (AvgIpc) is 2.63. The van der Waals surface area contributed by atoms with Crippen LogP contribution in [0.4, 0.5) is 0 Å². The fraction of sp³-hybridized carbons (Fsp3) is 1.00. The van der Waals surface area contributed by atoms with Gasteiger partial charge in [-0.3, -0.25) is 0 Å². The standard InChI is InChI=1S/C16H36O8Si/c1-5-9-13-17-21-25(22-18-14-10-6-2,23-19-15-11-7-3)24-20-16-12-8-4/h5-16H2,1-4H3. The second kappa shape index (κ2) is 18.7. The molecule has 0 atom stereocenters. The first-order valence-corrected chi connectivity index (χ1v) is 11.1. The molecule has 0 aliphatic carbocycles. The van der Waals surface area contributed by atoms with Crippen LogP contribution in [0.2, 0.25) is 0 Å². The molecule has 25 heavy (non-hydrogen) atoms. The summed E-state index contributed by atoms with van der Waals surface area (Å²) in [7, 11) is -3.88. The summed E-state index contributed by atoms with van der Waals surface area (Å²) in [4.78, 5) is 20.6. The summed E-state index contributed by atoms with van der Waals surface area (Å²) in [6, 6.07) is 0. The van der Waals surface area contributed by atoms with E-state index in [0.717, 1.165) is 51.4 Å². The van der Waals surface area contributed by atoms with Gasteiger partial charge in [0.1, 0.15) is 0 Å². The lowest BCUT2D eigenvalue weighted by Gasteiger charge is -2.23. The van der Waals surface area contributed by atoms with Gasteiger partial charge in [-0.05, 0) is 25.7 Å². The van der Waals surface area contributed by atoms with Gasteiger partial charge < -0.3 is 0 Å². The van der Waals surface area contributed by atoms with Crippen LogP contribution in [0.15, 0.2) is 0 Å². The third-order valence-corrected chi connectivity index (χ3v) is 4.26. The minimum atomic E-state index is -3.88. The fourth-order valence-corrected chi connectivity index (χ4v) is 2.43. The summed E-state index contributed by atoms with van der Waals surface area (Å²) in [5.74, 6) is 0. The molecule has 0 unspecified atom stereocenters. The Morgan fingerprint density at radius 1 is 0.440 bits per heavy atom.